The van der Waals surface area contributed by atoms with Crippen molar-refractivity contribution in [2.24, 2.45) is 4.99 Å². The maximum Gasteiger partial charge on any atom is 0.432 e. The van der Waals surface area contributed by atoms with Gasteiger partial charge in [0.05, 0.1) is 21.3 Å². The van der Waals surface area contributed by atoms with E-state index in [-0.39, 0.29) is 25.0 Å². The highest BCUT2D eigenvalue weighted by Crippen LogP contribution is 2.40. The summed E-state index contributed by atoms with van der Waals surface area (Å²) in [5.74, 6) is 0. The number of aliphatic imine (C=N–C) groups is 1. The Morgan fingerprint density at radius 3 is 2.40 bits per heavy atom. The Bertz CT molecular complexity index is 950. The largest absolute Gasteiger partial charge is 0.432 e. The molecule has 1 fully saturated rings. The molecule has 0 aliphatic carbocycles. The molecule has 4 nitrogen and oxygen atoms in total. The number of nitrogens with zero attached hydrogens (tertiary/aromatic N) is 1. The van der Waals surface area contributed by atoms with E-state index in [1.807, 2.05) is 0 Å². The molecule has 30 heavy (non-hydrogen) atoms. The number of sulfone groups is 1. The first-order valence-corrected chi connectivity index (χ1v) is 10.4. The average molecular weight is 457 g/mol. The van der Waals surface area contributed by atoms with Crippen LogP contribution >= 0.6 is 0 Å². The zero-order valence-electron chi connectivity index (χ0n) is 16.4. The molecule has 0 bridgehead atoms. The van der Waals surface area contributed by atoms with E-state index >= 15 is 0 Å². The molecule has 0 aromatic heterocycles. The van der Waals surface area contributed by atoms with Crippen LogP contribution in [-0.2, 0) is 20.8 Å². The number of alkyl halides is 6. The van der Waals surface area contributed by atoms with Crippen LogP contribution in [0.1, 0.15) is 32.3 Å². The predicted molar refractivity (Wildman–Crippen MR) is 99.2 cm³/mol. The molecule has 11 heteroatoms. The normalized spacial score (nSPS) is 24.8. The summed E-state index contributed by atoms with van der Waals surface area (Å²) >= 11 is 0. The van der Waals surface area contributed by atoms with E-state index < -0.39 is 49.2 Å². The molecule has 168 valence electrons. The van der Waals surface area contributed by atoms with Crippen LogP contribution < -0.4 is 0 Å². The number of halogens is 6. The van der Waals surface area contributed by atoms with Gasteiger partial charge in [0.1, 0.15) is 5.71 Å². The van der Waals surface area contributed by atoms with Gasteiger partial charge in [-0.3, -0.25) is 4.99 Å². The van der Waals surface area contributed by atoms with Gasteiger partial charge in [0, 0.05) is 13.7 Å². The van der Waals surface area contributed by atoms with E-state index in [2.05, 4.69) is 4.99 Å². The van der Waals surface area contributed by atoms with Crippen molar-refractivity contribution in [2.75, 3.05) is 13.7 Å². The predicted octanol–water partition coefficient (Wildman–Crippen LogP) is 5.00. The summed E-state index contributed by atoms with van der Waals surface area (Å²) in [5, 5.41) is 0. The summed E-state index contributed by atoms with van der Waals surface area (Å²) in [6.45, 7) is 2.66. The highest BCUT2D eigenvalue weighted by molar-refractivity contribution is 7.92. The molecule has 0 radical (unpaired) electrons. The summed E-state index contributed by atoms with van der Waals surface area (Å²) in [6.07, 6.45) is -9.78. The molecule has 0 saturated carbocycles. The van der Waals surface area contributed by atoms with Crippen LogP contribution in [0.2, 0.25) is 0 Å². The Morgan fingerprint density at radius 1 is 1.23 bits per heavy atom. The van der Waals surface area contributed by atoms with Crippen molar-refractivity contribution in [2.45, 2.75) is 54.8 Å². The highest BCUT2D eigenvalue weighted by Gasteiger charge is 2.46. The van der Waals surface area contributed by atoms with E-state index in [0.717, 1.165) is 31.3 Å². The van der Waals surface area contributed by atoms with Crippen molar-refractivity contribution in [1.29, 1.82) is 0 Å². The topological polar surface area (TPSA) is 55.7 Å². The third kappa shape index (κ3) is 5.05. The van der Waals surface area contributed by atoms with Crippen LogP contribution in [0.25, 0.3) is 0 Å². The average Bonchev–Trinajstić information content (AvgIpc) is 2.64. The molecule has 1 aliphatic rings. The van der Waals surface area contributed by atoms with Crippen molar-refractivity contribution in [3.8, 4) is 0 Å². The molecule has 2 unspecified atom stereocenters. The maximum absolute atomic E-state index is 13.1. The van der Waals surface area contributed by atoms with E-state index in [1.165, 1.54) is 13.8 Å². The monoisotopic (exact) mass is 457 g/mol. The fourth-order valence-corrected chi connectivity index (χ4v) is 5.04. The second-order valence-electron chi connectivity index (χ2n) is 7.29. The van der Waals surface area contributed by atoms with Crippen molar-refractivity contribution in [3.05, 3.63) is 41.5 Å². The van der Waals surface area contributed by atoms with E-state index in [9.17, 15) is 34.8 Å². The maximum atomic E-state index is 13.1. The molecule has 0 spiro atoms. The first-order valence-electron chi connectivity index (χ1n) is 8.87. The number of benzene rings is 1. The van der Waals surface area contributed by atoms with Gasteiger partial charge in [0.15, 0.2) is 9.84 Å². The molecule has 2 rings (SSSR count). The Morgan fingerprint density at radius 2 is 1.87 bits per heavy atom. The van der Waals surface area contributed by atoms with Gasteiger partial charge in [0.2, 0.25) is 0 Å². The third-order valence-corrected chi connectivity index (χ3v) is 7.63. The SMILES string of the molecule is CN=C(/C=C(\C)C1CC(C)(S(=O)(=O)c2cccc(C(F)(F)F)c2)CCO1)C(F)(F)F. The fraction of sp³-hybridized carbons (Fsp3) is 0.526. The molecule has 1 heterocycles. The molecule has 0 amide bonds. The van der Waals surface area contributed by atoms with Crippen LogP contribution in [0.3, 0.4) is 0 Å². The zero-order valence-corrected chi connectivity index (χ0v) is 17.2. The Kier molecular flexibility index (Phi) is 6.78. The van der Waals surface area contributed by atoms with Gasteiger partial charge in [0.25, 0.3) is 0 Å². The van der Waals surface area contributed by atoms with Gasteiger partial charge in [-0.2, -0.15) is 26.3 Å². The third-order valence-electron chi connectivity index (χ3n) is 5.09. The number of allylic oxidation sites excluding steroid dienone is 1. The summed E-state index contributed by atoms with van der Waals surface area (Å²) < 4.78 is 108. The lowest BCUT2D eigenvalue weighted by Gasteiger charge is -2.38. The molecular formula is C19H21F6NO3S. The van der Waals surface area contributed by atoms with Gasteiger partial charge in [-0.25, -0.2) is 8.42 Å². The second kappa shape index (κ2) is 8.33. The summed E-state index contributed by atoms with van der Waals surface area (Å²) in [5.41, 5.74) is -2.12. The van der Waals surface area contributed by atoms with Crippen LogP contribution in [0.5, 0.6) is 0 Å². The zero-order chi connectivity index (χ0) is 23.0. The minimum Gasteiger partial charge on any atom is -0.374 e. The first kappa shape index (κ1) is 24.4. The first-order chi connectivity index (χ1) is 13.6. The van der Waals surface area contributed by atoms with Crippen molar-refractivity contribution in [1.82, 2.24) is 0 Å². The molecule has 1 aromatic carbocycles. The van der Waals surface area contributed by atoms with E-state index in [1.54, 1.807) is 0 Å². The second-order valence-corrected chi connectivity index (χ2v) is 9.75. The molecule has 2 atom stereocenters. The summed E-state index contributed by atoms with van der Waals surface area (Å²) in [7, 11) is -3.25. The molecule has 1 aliphatic heterocycles. The molecule has 1 saturated heterocycles. The Balaban J connectivity index is 2.38. The van der Waals surface area contributed by atoms with Crippen molar-refractivity contribution in [3.63, 3.8) is 0 Å². The number of ether oxygens (including phenoxy) is 1. The van der Waals surface area contributed by atoms with Crippen LogP contribution in [0.4, 0.5) is 26.3 Å². The van der Waals surface area contributed by atoms with Gasteiger partial charge in [-0.1, -0.05) is 6.07 Å². The summed E-state index contributed by atoms with van der Waals surface area (Å²) in [4.78, 5) is 2.70. The number of rotatable bonds is 4. The lowest BCUT2D eigenvalue weighted by Crippen LogP contribution is -2.45. The van der Waals surface area contributed by atoms with E-state index in [0.29, 0.717) is 6.07 Å². The minimum atomic E-state index is -4.71. The molecular weight excluding hydrogens is 436 g/mol. The van der Waals surface area contributed by atoms with E-state index in [4.69, 9.17) is 4.74 Å². The van der Waals surface area contributed by atoms with Gasteiger partial charge in [-0.05, 0) is 56.5 Å². The standard InChI is InChI=1S/C19H21F6NO3S/c1-12(9-16(26-3)19(23,24)25)15-11-17(2,7-8-29-15)30(27,28)14-6-4-5-13(10-14)18(20,21)22/h4-6,9-10,15H,7-8,11H2,1-3H3/b12-9+,26-16?. The molecule has 1 aromatic rings. The number of hydrogen-bond donors (Lipinski definition) is 0. The van der Waals surface area contributed by atoms with Crippen molar-refractivity contribution >= 4 is 15.5 Å². The Hall–Kier alpha value is -1.88. The van der Waals surface area contributed by atoms with Crippen LogP contribution in [0.15, 0.2) is 45.8 Å². The smallest absolute Gasteiger partial charge is 0.374 e. The lowest BCUT2D eigenvalue weighted by atomic mass is 9.92. The summed E-state index contributed by atoms with van der Waals surface area (Å²) in [6, 6.07) is 3.42. The fourth-order valence-electron chi connectivity index (χ4n) is 3.21. The Labute approximate surface area is 170 Å². The number of hydrogen-bond acceptors (Lipinski definition) is 4. The van der Waals surface area contributed by atoms with Crippen LogP contribution in [0, 0.1) is 0 Å². The van der Waals surface area contributed by atoms with Gasteiger partial charge < -0.3 is 4.74 Å². The molecule has 0 N–H and O–H groups in total. The van der Waals surface area contributed by atoms with Gasteiger partial charge in [-0.15, -0.1) is 0 Å². The quantitative estimate of drug-likeness (QED) is 0.473. The lowest BCUT2D eigenvalue weighted by molar-refractivity contribution is -0.137. The van der Waals surface area contributed by atoms with Crippen molar-refractivity contribution < 1.29 is 39.5 Å². The minimum absolute atomic E-state index is 0.0106. The highest BCUT2D eigenvalue weighted by atomic mass is 32.2. The van der Waals surface area contributed by atoms with Gasteiger partial charge >= 0.3 is 12.4 Å². The van der Waals surface area contributed by atoms with Crippen LogP contribution in [-0.4, -0.2) is 44.8 Å².